The number of amides is 1. The molecule has 7 nitrogen and oxygen atoms in total. The van der Waals surface area contributed by atoms with E-state index >= 15 is 0 Å². The Labute approximate surface area is 104 Å². The first-order valence-electron chi connectivity index (χ1n) is 5.20. The van der Waals surface area contributed by atoms with E-state index in [0.717, 1.165) is 0 Å². The Morgan fingerprint density at radius 2 is 2.53 bits per heavy atom. The van der Waals surface area contributed by atoms with Crippen molar-refractivity contribution in [3.8, 4) is 0 Å². The highest BCUT2D eigenvalue weighted by Crippen LogP contribution is 2.19. The maximum Gasteiger partial charge on any atom is 0.233 e. The molecule has 3 N–H and O–H groups in total. The Bertz CT molecular complexity index is 379. The summed E-state index contributed by atoms with van der Waals surface area (Å²) in [7, 11) is 0. The van der Waals surface area contributed by atoms with Gasteiger partial charge in [-0.1, -0.05) is 17.8 Å². The molecule has 8 heteroatoms. The van der Waals surface area contributed by atoms with Gasteiger partial charge in [-0.05, 0) is 17.4 Å². The van der Waals surface area contributed by atoms with E-state index in [9.17, 15) is 4.79 Å². The quantitative estimate of drug-likeness (QED) is 0.500. The fourth-order valence-corrected chi connectivity index (χ4v) is 1.91. The Balaban J connectivity index is 2.54. The number of rotatable bonds is 7. The Morgan fingerprint density at radius 3 is 3.18 bits per heavy atom. The third-order valence-electron chi connectivity index (χ3n) is 1.91. The van der Waals surface area contributed by atoms with E-state index < -0.39 is 0 Å². The van der Waals surface area contributed by atoms with Gasteiger partial charge in [-0.25, -0.2) is 4.68 Å². The van der Waals surface area contributed by atoms with E-state index in [1.807, 2.05) is 0 Å². The summed E-state index contributed by atoms with van der Waals surface area (Å²) in [4.78, 5) is 11.6. The molecule has 0 bridgehead atoms. The standard InChI is InChI=1S/C9H16N6OS/c1-3-5-11-8(16)7(2)17-9-12-13-14-15(9)6-4-10/h3,7H,1,4-6,10H2,2H3,(H,11,16). The zero-order valence-electron chi connectivity index (χ0n) is 9.67. The molecule has 1 heterocycles. The molecule has 1 unspecified atom stereocenters. The van der Waals surface area contributed by atoms with Gasteiger partial charge in [-0.2, -0.15) is 0 Å². The number of carbonyl (C=O) groups is 1. The molecule has 0 aliphatic rings. The molecule has 0 aliphatic carbocycles. The summed E-state index contributed by atoms with van der Waals surface area (Å²) in [6, 6.07) is 0. The van der Waals surface area contributed by atoms with Crippen LogP contribution in [0.5, 0.6) is 0 Å². The van der Waals surface area contributed by atoms with Crippen LogP contribution in [0.4, 0.5) is 0 Å². The van der Waals surface area contributed by atoms with Crippen molar-refractivity contribution < 1.29 is 4.79 Å². The van der Waals surface area contributed by atoms with Crippen molar-refractivity contribution in [3.05, 3.63) is 12.7 Å². The van der Waals surface area contributed by atoms with Gasteiger partial charge in [0.1, 0.15) is 0 Å². The molecule has 0 aromatic carbocycles. The number of carbonyl (C=O) groups excluding carboxylic acids is 1. The van der Waals surface area contributed by atoms with E-state index in [-0.39, 0.29) is 11.2 Å². The third kappa shape index (κ3) is 4.16. The summed E-state index contributed by atoms with van der Waals surface area (Å²) >= 11 is 1.30. The second kappa shape index (κ2) is 7.02. The van der Waals surface area contributed by atoms with Crippen molar-refractivity contribution in [1.29, 1.82) is 0 Å². The van der Waals surface area contributed by atoms with Gasteiger partial charge < -0.3 is 11.1 Å². The number of nitrogens with two attached hydrogens (primary N) is 1. The van der Waals surface area contributed by atoms with Gasteiger partial charge in [0, 0.05) is 13.1 Å². The maximum atomic E-state index is 11.6. The predicted octanol–water partition coefficient (Wildman–Crippen LogP) is -0.585. The van der Waals surface area contributed by atoms with Gasteiger partial charge in [0.15, 0.2) is 0 Å². The third-order valence-corrected chi connectivity index (χ3v) is 2.98. The Morgan fingerprint density at radius 1 is 1.76 bits per heavy atom. The predicted molar refractivity (Wildman–Crippen MR) is 65.4 cm³/mol. The Kier molecular flexibility index (Phi) is 5.64. The van der Waals surface area contributed by atoms with Crippen molar-refractivity contribution in [2.75, 3.05) is 13.1 Å². The summed E-state index contributed by atoms with van der Waals surface area (Å²) in [5.41, 5.74) is 5.43. The number of aromatic nitrogens is 4. The average Bonchev–Trinajstić information content (AvgIpc) is 2.74. The highest BCUT2D eigenvalue weighted by Gasteiger charge is 2.17. The van der Waals surface area contributed by atoms with E-state index in [0.29, 0.717) is 24.8 Å². The van der Waals surface area contributed by atoms with Crippen LogP contribution in [-0.4, -0.2) is 44.5 Å². The van der Waals surface area contributed by atoms with Crippen LogP contribution in [-0.2, 0) is 11.3 Å². The monoisotopic (exact) mass is 256 g/mol. The van der Waals surface area contributed by atoms with E-state index in [1.54, 1.807) is 17.7 Å². The van der Waals surface area contributed by atoms with Crippen LogP contribution >= 0.6 is 11.8 Å². The normalized spacial score (nSPS) is 12.1. The zero-order valence-corrected chi connectivity index (χ0v) is 10.5. The number of thioether (sulfide) groups is 1. The molecule has 1 aromatic rings. The van der Waals surface area contributed by atoms with Gasteiger partial charge in [-0.15, -0.1) is 11.7 Å². The van der Waals surface area contributed by atoms with E-state index in [1.165, 1.54) is 11.8 Å². The second-order valence-electron chi connectivity index (χ2n) is 3.27. The molecule has 0 spiro atoms. The first-order valence-corrected chi connectivity index (χ1v) is 6.08. The van der Waals surface area contributed by atoms with Gasteiger partial charge in [-0.3, -0.25) is 4.79 Å². The minimum Gasteiger partial charge on any atom is -0.352 e. The van der Waals surface area contributed by atoms with Gasteiger partial charge in [0.05, 0.1) is 11.8 Å². The molecule has 94 valence electrons. The maximum absolute atomic E-state index is 11.6. The molecule has 1 aromatic heterocycles. The van der Waals surface area contributed by atoms with Crippen molar-refractivity contribution >= 4 is 17.7 Å². The number of hydrogen-bond donors (Lipinski definition) is 2. The number of nitrogens with one attached hydrogen (secondary N) is 1. The molecule has 1 atom stereocenters. The van der Waals surface area contributed by atoms with Crippen LogP contribution in [0.1, 0.15) is 6.92 Å². The lowest BCUT2D eigenvalue weighted by Crippen LogP contribution is -2.31. The summed E-state index contributed by atoms with van der Waals surface area (Å²) in [5, 5.41) is 14.2. The molecular weight excluding hydrogens is 240 g/mol. The Hall–Kier alpha value is -1.41. The SMILES string of the molecule is C=CCNC(=O)C(C)Sc1nnnn1CCN. The first kappa shape index (κ1) is 13.7. The lowest BCUT2D eigenvalue weighted by Gasteiger charge is -2.10. The van der Waals surface area contributed by atoms with Crippen molar-refractivity contribution in [2.24, 2.45) is 5.73 Å². The van der Waals surface area contributed by atoms with E-state index in [2.05, 4.69) is 27.4 Å². The first-order chi connectivity index (χ1) is 8.19. The van der Waals surface area contributed by atoms with Crippen molar-refractivity contribution in [3.63, 3.8) is 0 Å². The molecule has 0 saturated carbocycles. The largest absolute Gasteiger partial charge is 0.352 e. The fourth-order valence-electron chi connectivity index (χ4n) is 1.07. The molecule has 17 heavy (non-hydrogen) atoms. The smallest absolute Gasteiger partial charge is 0.233 e. The van der Waals surface area contributed by atoms with Crippen LogP contribution in [0.2, 0.25) is 0 Å². The lowest BCUT2D eigenvalue weighted by molar-refractivity contribution is -0.120. The van der Waals surface area contributed by atoms with Gasteiger partial charge >= 0.3 is 0 Å². The van der Waals surface area contributed by atoms with Crippen LogP contribution in [0.25, 0.3) is 0 Å². The minimum absolute atomic E-state index is 0.0720. The summed E-state index contributed by atoms with van der Waals surface area (Å²) < 4.78 is 1.59. The van der Waals surface area contributed by atoms with Gasteiger partial charge in [0.25, 0.3) is 0 Å². The van der Waals surface area contributed by atoms with Crippen molar-refractivity contribution in [2.45, 2.75) is 23.9 Å². The highest BCUT2D eigenvalue weighted by atomic mass is 32.2. The molecule has 0 aliphatic heterocycles. The van der Waals surface area contributed by atoms with Crippen LogP contribution < -0.4 is 11.1 Å². The van der Waals surface area contributed by atoms with Crippen LogP contribution in [0, 0.1) is 0 Å². The summed E-state index contributed by atoms with van der Waals surface area (Å²) in [6.45, 7) is 6.78. The molecule has 0 fully saturated rings. The molecule has 1 rings (SSSR count). The van der Waals surface area contributed by atoms with Crippen LogP contribution in [0.3, 0.4) is 0 Å². The molecule has 1 amide bonds. The minimum atomic E-state index is -0.266. The molecule has 0 radical (unpaired) electrons. The highest BCUT2D eigenvalue weighted by molar-refractivity contribution is 8.00. The van der Waals surface area contributed by atoms with Gasteiger partial charge in [0.2, 0.25) is 11.1 Å². The number of nitrogens with zero attached hydrogens (tertiary/aromatic N) is 4. The number of tetrazole rings is 1. The topological polar surface area (TPSA) is 98.7 Å². The van der Waals surface area contributed by atoms with Crippen LogP contribution in [0.15, 0.2) is 17.8 Å². The zero-order chi connectivity index (χ0) is 12.7. The van der Waals surface area contributed by atoms with Crippen molar-refractivity contribution in [1.82, 2.24) is 25.5 Å². The lowest BCUT2D eigenvalue weighted by atomic mass is 10.4. The molecule has 0 saturated heterocycles. The molecular formula is C9H16N6OS. The average molecular weight is 256 g/mol. The fraction of sp³-hybridized carbons (Fsp3) is 0.556. The summed E-state index contributed by atoms with van der Waals surface area (Å²) in [6.07, 6.45) is 1.63. The second-order valence-corrected chi connectivity index (χ2v) is 4.58. The number of hydrogen-bond acceptors (Lipinski definition) is 6. The van der Waals surface area contributed by atoms with E-state index in [4.69, 9.17) is 5.73 Å². The summed E-state index contributed by atoms with van der Waals surface area (Å²) in [5.74, 6) is -0.0720.